The van der Waals surface area contributed by atoms with Gasteiger partial charge in [0.2, 0.25) is 22.7 Å². The molecule has 10 heteroatoms. The largest absolute Gasteiger partial charge is 0.454 e. The van der Waals surface area contributed by atoms with E-state index in [4.69, 9.17) is 9.47 Å². The standard InChI is InChI=1S/C28H34N2O6S2/c1-4-11-30(38(33,34)18-28-10-9-21(14-25(28)31)27(28,2)3)17-26(32)29(16-22-6-5-12-37-22)15-20-7-8-23-24(13-20)36-19-35-23/h4-8,12-13,21H,1,9-11,14-19H2,2-3H3. The van der Waals surface area contributed by atoms with E-state index in [1.807, 2.05) is 49.6 Å². The third-order valence-corrected chi connectivity index (χ3v) is 11.5. The summed E-state index contributed by atoms with van der Waals surface area (Å²) in [6.45, 7) is 8.23. The van der Waals surface area contributed by atoms with Gasteiger partial charge in [-0.25, -0.2) is 8.42 Å². The summed E-state index contributed by atoms with van der Waals surface area (Å²) in [5.74, 6) is 0.944. The number of sulfonamides is 1. The number of benzene rings is 1. The Kier molecular flexibility index (Phi) is 7.17. The molecular formula is C28H34N2O6S2. The van der Waals surface area contributed by atoms with Crippen LogP contribution in [0, 0.1) is 16.7 Å². The Labute approximate surface area is 228 Å². The number of ketones is 1. The molecule has 2 aliphatic carbocycles. The summed E-state index contributed by atoms with van der Waals surface area (Å²) in [5.41, 5.74) is -0.431. The molecule has 2 fully saturated rings. The number of ether oxygens (including phenoxy) is 2. The molecule has 2 saturated carbocycles. The maximum Gasteiger partial charge on any atom is 0.238 e. The molecule has 1 amide bonds. The quantitative estimate of drug-likeness (QED) is 0.384. The van der Waals surface area contributed by atoms with Gasteiger partial charge in [-0.2, -0.15) is 4.31 Å². The molecule has 5 rings (SSSR count). The molecule has 0 spiro atoms. The summed E-state index contributed by atoms with van der Waals surface area (Å²) in [4.78, 5) is 29.4. The molecule has 38 heavy (non-hydrogen) atoms. The molecule has 1 aromatic carbocycles. The van der Waals surface area contributed by atoms with Crippen molar-refractivity contribution in [3.63, 3.8) is 0 Å². The third-order valence-electron chi connectivity index (χ3n) is 8.70. The van der Waals surface area contributed by atoms with Gasteiger partial charge in [0, 0.05) is 29.8 Å². The van der Waals surface area contributed by atoms with Gasteiger partial charge in [-0.15, -0.1) is 17.9 Å². The van der Waals surface area contributed by atoms with Crippen molar-refractivity contribution in [3.8, 4) is 11.5 Å². The average Bonchev–Trinajstić information content (AvgIpc) is 3.62. The summed E-state index contributed by atoms with van der Waals surface area (Å²) in [6.07, 6.45) is 3.36. The van der Waals surface area contributed by atoms with E-state index in [1.165, 1.54) is 21.7 Å². The van der Waals surface area contributed by atoms with Gasteiger partial charge in [-0.1, -0.05) is 32.1 Å². The Hall–Kier alpha value is -2.69. The fourth-order valence-electron chi connectivity index (χ4n) is 6.26. The number of thiophene rings is 1. The molecule has 0 N–H and O–H groups in total. The summed E-state index contributed by atoms with van der Waals surface area (Å²) in [6, 6.07) is 9.41. The first-order valence-corrected chi connectivity index (χ1v) is 15.4. The van der Waals surface area contributed by atoms with Gasteiger partial charge in [0.05, 0.1) is 18.8 Å². The topological polar surface area (TPSA) is 93.2 Å². The van der Waals surface area contributed by atoms with Gasteiger partial charge in [0.25, 0.3) is 0 Å². The molecule has 2 heterocycles. The number of hydrogen-bond acceptors (Lipinski definition) is 7. The van der Waals surface area contributed by atoms with Gasteiger partial charge >= 0.3 is 0 Å². The second-order valence-electron chi connectivity index (χ2n) is 11.0. The Bertz CT molecular complexity index is 1340. The number of carbonyl (C=O) groups excluding carboxylic acids is 2. The van der Waals surface area contributed by atoms with E-state index < -0.39 is 15.4 Å². The SMILES string of the molecule is C=CCN(CC(=O)N(Cc1ccc2c(c1)OCO2)Cc1cccs1)S(=O)(=O)CC12CCC(CC1=O)C2(C)C. The molecule has 0 radical (unpaired) electrons. The van der Waals surface area contributed by atoms with Crippen molar-refractivity contribution in [2.45, 2.75) is 46.2 Å². The fourth-order valence-corrected chi connectivity index (χ4v) is 9.11. The summed E-state index contributed by atoms with van der Waals surface area (Å²) < 4.78 is 39.6. The van der Waals surface area contributed by atoms with Crippen LogP contribution in [0.1, 0.15) is 43.6 Å². The number of fused-ring (bicyclic) bond motifs is 3. The molecular weight excluding hydrogens is 524 g/mol. The second-order valence-corrected chi connectivity index (χ2v) is 14.0. The van der Waals surface area contributed by atoms with E-state index in [0.717, 1.165) is 16.9 Å². The van der Waals surface area contributed by atoms with Crippen molar-refractivity contribution in [1.29, 1.82) is 0 Å². The summed E-state index contributed by atoms with van der Waals surface area (Å²) in [7, 11) is -3.93. The number of amides is 1. The maximum atomic E-state index is 13.8. The van der Waals surface area contributed by atoms with Gasteiger partial charge < -0.3 is 14.4 Å². The third kappa shape index (κ3) is 4.78. The highest BCUT2D eigenvalue weighted by atomic mass is 32.2. The van der Waals surface area contributed by atoms with Crippen molar-refractivity contribution < 1.29 is 27.5 Å². The van der Waals surface area contributed by atoms with Crippen LogP contribution in [0.2, 0.25) is 0 Å². The first-order valence-electron chi connectivity index (χ1n) is 12.9. The molecule has 2 bridgehead atoms. The zero-order chi connectivity index (χ0) is 27.1. The molecule has 2 aromatic rings. The van der Waals surface area contributed by atoms with Crippen LogP contribution in [0.5, 0.6) is 11.5 Å². The molecule has 2 unspecified atom stereocenters. The predicted molar refractivity (Wildman–Crippen MR) is 145 cm³/mol. The van der Waals surface area contributed by atoms with Crippen LogP contribution < -0.4 is 9.47 Å². The molecule has 2 atom stereocenters. The monoisotopic (exact) mass is 558 g/mol. The lowest BCUT2D eigenvalue weighted by molar-refractivity contribution is -0.132. The lowest BCUT2D eigenvalue weighted by Crippen LogP contribution is -2.49. The lowest BCUT2D eigenvalue weighted by Gasteiger charge is -2.37. The summed E-state index contributed by atoms with van der Waals surface area (Å²) in [5, 5.41) is 1.95. The Balaban J connectivity index is 1.37. The first-order chi connectivity index (χ1) is 18.1. The Morgan fingerprint density at radius 2 is 2.00 bits per heavy atom. The zero-order valence-electron chi connectivity index (χ0n) is 21.9. The molecule has 1 aliphatic heterocycles. The lowest BCUT2D eigenvalue weighted by atomic mass is 9.70. The van der Waals surface area contributed by atoms with Crippen LogP contribution in [0.3, 0.4) is 0 Å². The molecule has 204 valence electrons. The van der Waals surface area contributed by atoms with Crippen LogP contribution in [0.15, 0.2) is 48.4 Å². The minimum Gasteiger partial charge on any atom is -0.454 e. The number of carbonyl (C=O) groups is 2. The van der Waals surface area contributed by atoms with E-state index in [1.54, 1.807) is 4.90 Å². The highest BCUT2D eigenvalue weighted by Crippen LogP contribution is 2.64. The van der Waals surface area contributed by atoms with Gasteiger partial charge in [0.15, 0.2) is 11.5 Å². The van der Waals surface area contributed by atoms with E-state index in [0.29, 0.717) is 30.9 Å². The van der Waals surface area contributed by atoms with Crippen LogP contribution in [-0.4, -0.2) is 54.9 Å². The van der Waals surface area contributed by atoms with Gasteiger partial charge in [0.1, 0.15) is 5.78 Å². The highest BCUT2D eigenvalue weighted by Gasteiger charge is 2.65. The van der Waals surface area contributed by atoms with E-state index >= 15 is 0 Å². The predicted octanol–water partition coefficient (Wildman–Crippen LogP) is 4.22. The van der Waals surface area contributed by atoms with Crippen LogP contribution in [-0.2, 0) is 32.7 Å². The average molecular weight is 559 g/mol. The normalized spacial score (nSPS) is 23.2. The summed E-state index contributed by atoms with van der Waals surface area (Å²) >= 11 is 1.54. The second kappa shape index (κ2) is 10.1. The van der Waals surface area contributed by atoms with E-state index in [-0.39, 0.29) is 55.2 Å². The number of Topliss-reactive ketones (excluding diaryl/α,β-unsaturated/α-hetero) is 1. The van der Waals surface area contributed by atoms with Crippen molar-refractivity contribution in [2.75, 3.05) is 25.6 Å². The maximum absolute atomic E-state index is 13.8. The molecule has 0 saturated heterocycles. The van der Waals surface area contributed by atoms with Crippen LogP contribution in [0.4, 0.5) is 0 Å². The van der Waals surface area contributed by atoms with Crippen molar-refractivity contribution in [3.05, 3.63) is 58.8 Å². The first kappa shape index (κ1) is 26.9. The van der Waals surface area contributed by atoms with E-state index in [9.17, 15) is 18.0 Å². The smallest absolute Gasteiger partial charge is 0.238 e. The van der Waals surface area contributed by atoms with Crippen LogP contribution >= 0.6 is 11.3 Å². The fraction of sp³-hybridized carbons (Fsp3) is 0.500. The van der Waals surface area contributed by atoms with E-state index in [2.05, 4.69) is 6.58 Å². The number of hydrogen-bond donors (Lipinski definition) is 0. The number of nitrogens with zero attached hydrogens (tertiary/aromatic N) is 2. The van der Waals surface area contributed by atoms with Crippen molar-refractivity contribution in [2.24, 2.45) is 16.7 Å². The Morgan fingerprint density at radius 3 is 2.66 bits per heavy atom. The molecule has 8 nitrogen and oxygen atoms in total. The Morgan fingerprint density at radius 1 is 1.21 bits per heavy atom. The van der Waals surface area contributed by atoms with Crippen molar-refractivity contribution in [1.82, 2.24) is 9.21 Å². The zero-order valence-corrected chi connectivity index (χ0v) is 23.5. The van der Waals surface area contributed by atoms with Gasteiger partial charge in [-0.3, -0.25) is 9.59 Å². The molecule has 1 aromatic heterocycles. The van der Waals surface area contributed by atoms with Crippen molar-refractivity contribution >= 4 is 33.1 Å². The minimum atomic E-state index is -3.93. The molecule has 3 aliphatic rings. The van der Waals surface area contributed by atoms with Gasteiger partial charge in [-0.05, 0) is 53.3 Å². The number of rotatable bonds is 11. The minimum absolute atomic E-state index is 0.000926. The highest BCUT2D eigenvalue weighted by molar-refractivity contribution is 7.89. The van der Waals surface area contributed by atoms with Crippen LogP contribution in [0.25, 0.3) is 0 Å².